The first kappa shape index (κ1) is 17.8. The number of hydrogen-bond donors (Lipinski definition) is 1. The molecule has 0 aromatic carbocycles. The van der Waals surface area contributed by atoms with Crippen LogP contribution in [0.15, 0.2) is 47.3 Å². The molecule has 0 radical (unpaired) electrons. The van der Waals surface area contributed by atoms with E-state index < -0.39 is 0 Å². The normalized spacial score (nSPS) is 14.8. The summed E-state index contributed by atoms with van der Waals surface area (Å²) in [6.07, 6.45) is 2.90. The molecule has 1 aliphatic rings. The lowest BCUT2D eigenvalue weighted by atomic mass is 10.0. The molecular weight excluding hydrogens is 356 g/mol. The number of nitrogens with one attached hydrogen (secondary N) is 1. The number of hydrogen-bond acceptors (Lipinski definition) is 6. The van der Waals surface area contributed by atoms with E-state index in [1.54, 1.807) is 17.4 Å². The van der Waals surface area contributed by atoms with Crippen molar-refractivity contribution in [2.24, 2.45) is 0 Å². The van der Waals surface area contributed by atoms with Crippen LogP contribution in [-0.2, 0) is 0 Å². The van der Waals surface area contributed by atoms with E-state index in [9.17, 15) is 4.79 Å². The standard InChI is InChI=1S/C21H22N4OS/c1-15-18(12-17(13-23-15)16-6-11-27-14-16)21(26)19-4-2-5-20(24-19)25-9-3-7-22-8-10-25/h2,4-6,11-14,22H,3,7-10H2,1H3. The zero-order valence-corrected chi connectivity index (χ0v) is 16.1. The Bertz CT molecular complexity index is 931. The first-order chi connectivity index (χ1) is 13.2. The van der Waals surface area contributed by atoms with Gasteiger partial charge in [0.1, 0.15) is 11.5 Å². The third-order valence-electron chi connectivity index (χ3n) is 4.82. The molecule has 0 unspecified atom stereocenters. The first-order valence-corrected chi connectivity index (χ1v) is 10.1. The van der Waals surface area contributed by atoms with E-state index in [-0.39, 0.29) is 5.78 Å². The minimum absolute atomic E-state index is 0.0770. The fraction of sp³-hybridized carbons (Fsp3) is 0.286. The molecule has 1 N–H and O–H groups in total. The molecule has 1 aliphatic heterocycles. The predicted octanol–water partition coefficient (Wildman–Crippen LogP) is 3.54. The summed E-state index contributed by atoms with van der Waals surface area (Å²) in [5, 5.41) is 7.48. The van der Waals surface area contributed by atoms with Crippen molar-refractivity contribution in [3.63, 3.8) is 0 Å². The molecule has 0 atom stereocenters. The van der Waals surface area contributed by atoms with Crippen molar-refractivity contribution in [3.8, 4) is 11.1 Å². The van der Waals surface area contributed by atoms with Crippen LogP contribution in [0.1, 0.15) is 28.2 Å². The van der Waals surface area contributed by atoms with E-state index in [1.807, 2.05) is 42.8 Å². The van der Waals surface area contributed by atoms with Crippen LogP contribution >= 0.6 is 11.3 Å². The van der Waals surface area contributed by atoms with Gasteiger partial charge in [0.2, 0.25) is 5.78 Å². The molecule has 3 aromatic rings. The van der Waals surface area contributed by atoms with Gasteiger partial charge in [-0.05, 0) is 60.5 Å². The number of carbonyl (C=O) groups is 1. The van der Waals surface area contributed by atoms with Crippen molar-refractivity contribution in [1.82, 2.24) is 15.3 Å². The van der Waals surface area contributed by atoms with E-state index in [2.05, 4.69) is 25.6 Å². The monoisotopic (exact) mass is 378 g/mol. The quantitative estimate of drug-likeness (QED) is 0.704. The van der Waals surface area contributed by atoms with Gasteiger partial charge in [0.05, 0.1) is 0 Å². The highest BCUT2D eigenvalue weighted by molar-refractivity contribution is 7.08. The first-order valence-electron chi connectivity index (χ1n) is 9.19. The van der Waals surface area contributed by atoms with Crippen molar-refractivity contribution < 1.29 is 4.79 Å². The van der Waals surface area contributed by atoms with Crippen molar-refractivity contribution in [3.05, 3.63) is 64.2 Å². The molecule has 5 nitrogen and oxygen atoms in total. The van der Waals surface area contributed by atoms with Gasteiger partial charge in [0.15, 0.2) is 0 Å². The highest BCUT2D eigenvalue weighted by Crippen LogP contribution is 2.24. The van der Waals surface area contributed by atoms with Crippen LogP contribution in [0.3, 0.4) is 0 Å². The number of thiophene rings is 1. The average Bonchev–Trinajstić information content (AvgIpc) is 3.10. The van der Waals surface area contributed by atoms with Gasteiger partial charge >= 0.3 is 0 Å². The molecule has 6 heteroatoms. The molecule has 4 rings (SSSR count). The van der Waals surface area contributed by atoms with E-state index in [0.29, 0.717) is 11.3 Å². The third-order valence-corrected chi connectivity index (χ3v) is 5.50. The lowest BCUT2D eigenvalue weighted by Crippen LogP contribution is -2.29. The number of aromatic nitrogens is 2. The van der Waals surface area contributed by atoms with Crippen LogP contribution in [0.25, 0.3) is 11.1 Å². The topological polar surface area (TPSA) is 58.1 Å². The SMILES string of the molecule is Cc1ncc(-c2ccsc2)cc1C(=O)c1cccc(N2CCCNCC2)n1. The summed E-state index contributed by atoms with van der Waals surface area (Å²) >= 11 is 1.63. The molecule has 0 aliphatic carbocycles. The van der Waals surface area contributed by atoms with Crippen molar-refractivity contribution in [2.45, 2.75) is 13.3 Å². The van der Waals surface area contributed by atoms with Gasteiger partial charge in [-0.2, -0.15) is 11.3 Å². The summed E-state index contributed by atoms with van der Waals surface area (Å²) in [5.41, 5.74) is 3.85. The van der Waals surface area contributed by atoms with Gasteiger partial charge in [0.25, 0.3) is 0 Å². The van der Waals surface area contributed by atoms with E-state index in [0.717, 1.165) is 55.2 Å². The van der Waals surface area contributed by atoms with Crippen LogP contribution in [0, 0.1) is 6.92 Å². The molecule has 0 bridgehead atoms. The maximum Gasteiger partial charge on any atom is 0.213 e. The average molecular weight is 379 g/mol. The summed E-state index contributed by atoms with van der Waals surface area (Å²) in [6, 6.07) is 9.65. The summed E-state index contributed by atoms with van der Waals surface area (Å²) in [6.45, 7) is 5.68. The van der Waals surface area contributed by atoms with Gasteiger partial charge in [0, 0.05) is 42.7 Å². The Labute approximate surface area is 163 Å². The zero-order valence-electron chi connectivity index (χ0n) is 15.3. The summed E-state index contributed by atoms with van der Waals surface area (Å²) < 4.78 is 0. The Hall–Kier alpha value is -2.57. The Morgan fingerprint density at radius 2 is 2.11 bits per heavy atom. The van der Waals surface area contributed by atoms with Crippen LogP contribution in [-0.4, -0.2) is 41.9 Å². The maximum absolute atomic E-state index is 13.2. The van der Waals surface area contributed by atoms with Gasteiger partial charge in [-0.15, -0.1) is 0 Å². The third kappa shape index (κ3) is 3.91. The minimum atomic E-state index is -0.0770. The number of ketones is 1. The van der Waals surface area contributed by atoms with E-state index in [4.69, 9.17) is 0 Å². The van der Waals surface area contributed by atoms with Gasteiger partial charge in [-0.1, -0.05) is 6.07 Å². The van der Waals surface area contributed by atoms with Gasteiger partial charge in [-0.3, -0.25) is 9.78 Å². The van der Waals surface area contributed by atoms with Crippen LogP contribution in [0.2, 0.25) is 0 Å². The Balaban J connectivity index is 1.65. The second-order valence-corrected chi connectivity index (χ2v) is 7.45. The lowest BCUT2D eigenvalue weighted by molar-refractivity contribution is 0.103. The Morgan fingerprint density at radius 1 is 1.19 bits per heavy atom. The van der Waals surface area contributed by atoms with Crippen LogP contribution in [0.4, 0.5) is 5.82 Å². The lowest BCUT2D eigenvalue weighted by Gasteiger charge is -2.21. The fourth-order valence-corrected chi connectivity index (χ4v) is 3.95. The number of pyridine rings is 2. The molecule has 1 saturated heterocycles. The predicted molar refractivity (Wildman–Crippen MR) is 110 cm³/mol. The summed E-state index contributed by atoms with van der Waals surface area (Å²) in [4.78, 5) is 24.5. The number of anilines is 1. The fourth-order valence-electron chi connectivity index (χ4n) is 3.29. The molecular formula is C21H22N4OS. The minimum Gasteiger partial charge on any atom is -0.355 e. The highest BCUT2D eigenvalue weighted by atomic mass is 32.1. The summed E-state index contributed by atoms with van der Waals surface area (Å²) in [5.74, 6) is 0.788. The number of nitrogens with zero attached hydrogens (tertiary/aromatic N) is 3. The van der Waals surface area contributed by atoms with Gasteiger partial charge in [-0.25, -0.2) is 4.98 Å². The molecule has 0 spiro atoms. The van der Waals surface area contributed by atoms with Crippen LogP contribution < -0.4 is 10.2 Å². The van der Waals surface area contributed by atoms with Crippen molar-refractivity contribution in [2.75, 3.05) is 31.1 Å². The number of aryl methyl sites for hydroxylation is 1. The second-order valence-electron chi connectivity index (χ2n) is 6.67. The molecule has 0 saturated carbocycles. The van der Waals surface area contributed by atoms with Crippen molar-refractivity contribution >= 4 is 22.9 Å². The van der Waals surface area contributed by atoms with E-state index >= 15 is 0 Å². The smallest absolute Gasteiger partial charge is 0.213 e. The summed E-state index contributed by atoms with van der Waals surface area (Å²) in [7, 11) is 0. The second kappa shape index (κ2) is 7.98. The molecule has 3 aromatic heterocycles. The Kier molecular flexibility index (Phi) is 5.27. The van der Waals surface area contributed by atoms with Crippen molar-refractivity contribution in [1.29, 1.82) is 0 Å². The number of carbonyl (C=O) groups excluding carboxylic acids is 1. The van der Waals surface area contributed by atoms with E-state index in [1.165, 1.54) is 0 Å². The van der Waals surface area contributed by atoms with Gasteiger partial charge < -0.3 is 10.2 Å². The highest BCUT2D eigenvalue weighted by Gasteiger charge is 2.18. The molecule has 1 fully saturated rings. The van der Waals surface area contributed by atoms with Crippen LogP contribution in [0.5, 0.6) is 0 Å². The molecule has 138 valence electrons. The Morgan fingerprint density at radius 3 is 2.96 bits per heavy atom. The maximum atomic E-state index is 13.2. The largest absolute Gasteiger partial charge is 0.355 e. The molecule has 27 heavy (non-hydrogen) atoms. The number of rotatable bonds is 4. The molecule has 0 amide bonds. The molecule has 4 heterocycles. The zero-order chi connectivity index (χ0) is 18.6.